The molecule has 0 amide bonds. The molecule has 0 heterocycles. The molecule has 0 aromatic rings. The van der Waals surface area contributed by atoms with Crippen molar-refractivity contribution in [3.63, 3.8) is 0 Å². The molecule has 0 rings (SSSR count). The van der Waals surface area contributed by atoms with Crippen LogP contribution in [0.2, 0.25) is 0 Å². The molecule has 19 heteroatoms. The highest BCUT2D eigenvalue weighted by Crippen LogP contribution is 2.45. The Morgan fingerprint density at radius 3 is 0.891 bits per heavy atom. The van der Waals surface area contributed by atoms with Gasteiger partial charge in [0.15, 0.2) is 12.2 Å². The molecule has 0 spiro atoms. The number of phosphoric ester groups is 2. The fourth-order valence-corrected chi connectivity index (χ4v) is 11.4. The zero-order chi connectivity index (χ0) is 67.5. The minimum absolute atomic E-state index is 0.0852. The molecule has 0 aromatic heterocycles. The topological polar surface area (TPSA) is 237 Å². The first kappa shape index (κ1) is 88.8. The van der Waals surface area contributed by atoms with Crippen LogP contribution in [0, 0.1) is 0 Å². The average molecular weight is 1340 g/mol. The van der Waals surface area contributed by atoms with Gasteiger partial charge in [-0.25, -0.2) is 9.13 Å². The molecule has 0 saturated heterocycles. The van der Waals surface area contributed by atoms with E-state index in [1.807, 2.05) is 0 Å². The van der Waals surface area contributed by atoms with E-state index in [0.717, 1.165) is 161 Å². The fourth-order valence-electron chi connectivity index (χ4n) is 9.81. The van der Waals surface area contributed by atoms with Crippen molar-refractivity contribution >= 4 is 39.5 Å². The van der Waals surface area contributed by atoms with Gasteiger partial charge in [-0.15, -0.1) is 0 Å². The van der Waals surface area contributed by atoms with Crippen molar-refractivity contribution in [3.8, 4) is 0 Å². The number of carbonyl (C=O) groups is 4. The highest BCUT2D eigenvalue weighted by molar-refractivity contribution is 7.47. The van der Waals surface area contributed by atoms with E-state index in [1.54, 1.807) is 0 Å². The van der Waals surface area contributed by atoms with Crippen LogP contribution >= 0.6 is 15.6 Å². The first-order chi connectivity index (χ1) is 44.7. The first-order valence-electron chi connectivity index (χ1n) is 36.5. The van der Waals surface area contributed by atoms with Gasteiger partial charge in [-0.2, -0.15) is 0 Å². The van der Waals surface area contributed by atoms with Crippen molar-refractivity contribution in [1.82, 2.24) is 0 Å². The Bertz CT molecular complexity index is 1990. The predicted molar refractivity (Wildman–Crippen MR) is 372 cm³/mol. The van der Waals surface area contributed by atoms with Gasteiger partial charge in [-0.05, 0) is 109 Å². The van der Waals surface area contributed by atoms with Crippen molar-refractivity contribution in [2.45, 2.75) is 341 Å². The number of aliphatic hydroxyl groups excluding tert-OH is 1. The van der Waals surface area contributed by atoms with Crippen LogP contribution in [0.25, 0.3) is 0 Å². The van der Waals surface area contributed by atoms with Gasteiger partial charge in [-0.3, -0.25) is 37.3 Å². The monoisotopic (exact) mass is 1340 g/mol. The molecule has 0 bridgehead atoms. The second-order valence-corrected chi connectivity index (χ2v) is 27.4. The van der Waals surface area contributed by atoms with E-state index in [4.69, 9.17) is 37.0 Å². The summed E-state index contributed by atoms with van der Waals surface area (Å²) in [6.07, 6.45) is 62.2. The number of phosphoric acid groups is 2. The minimum atomic E-state index is -4.97. The maximum atomic E-state index is 13.0. The van der Waals surface area contributed by atoms with E-state index in [2.05, 4.69) is 88.5 Å². The molecule has 0 aliphatic carbocycles. The van der Waals surface area contributed by atoms with E-state index >= 15 is 0 Å². The third-order valence-electron chi connectivity index (χ3n) is 15.4. The Morgan fingerprint density at radius 2 is 0.554 bits per heavy atom. The lowest BCUT2D eigenvalue weighted by Gasteiger charge is -2.21. The number of aliphatic hydroxyl groups is 1. The minimum Gasteiger partial charge on any atom is -0.462 e. The summed E-state index contributed by atoms with van der Waals surface area (Å²) in [5.41, 5.74) is 0. The van der Waals surface area contributed by atoms with Crippen LogP contribution in [0.15, 0.2) is 60.8 Å². The van der Waals surface area contributed by atoms with Crippen molar-refractivity contribution in [2.24, 2.45) is 0 Å². The number of carbonyl (C=O) groups excluding carboxylic acids is 4. The number of esters is 4. The Morgan fingerprint density at radius 1 is 0.304 bits per heavy atom. The van der Waals surface area contributed by atoms with Gasteiger partial charge in [0.1, 0.15) is 19.3 Å². The largest absolute Gasteiger partial charge is 0.472 e. The molecule has 5 unspecified atom stereocenters. The molecule has 5 atom stereocenters. The molecule has 0 radical (unpaired) electrons. The molecule has 0 saturated carbocycles. The summed E-state index contributed by atoms with van der Waals surface area (Å²) < 4.78 is 68.3. The SMILES string of the molecule is CCC/C=C\C/C=C\CCCCCCCC(=O)OCC(COP(=O)(O)OCC(O)COP(=O)(O)OCC(COC(=O)CCCCCCC/C=C\C/C=C\CCCCC)OC(=O)CCCCCCC/C=C\CCCCCC)OC(=O)CCCCCCCCCCCCC. The number of allylic oxidation sites excluding steroid dienone is 10. The third-order valence-corrected chi connectivity index (χ3v) is 17.3. The summed E-state index contributed by atoms with van der Waals surface area (Å²) in [5, 5.41) is 10.6. The smallest absolute Gasteiger partial charge is 0.462 e. The zero-order valence-corrected chi connectivity index (χ0v) is 60.0. The Balaban J connectivity index is 5.32. The molecule has 0 aliphatic heterocycles. The first-order valence-corrected chi connectivity index (χ1v) is 39.5. The summed E-state index contributed by atoms with van der Waals surface area (Å²) in [6.45, 7) is 4.74. The van der Waals surface area contributed by atoms with E-state index in [9.17, 15) is 43.2 Å². The molecule has 0 fully saturated rings. The van der Waals surface area contributed by atoms with Gasteiger partial charge < -0.3 is 33.8 Å². The Hall–Kier alpha value is -3.24. The van der Waals surface area contributed by atoms with Gasteiger partial charge in [0.05, 0.1) is 26.4 Å². The average Bonchev–Trinajstić information content (AvgIpc) is 2.25. The van der Waals surface area contributed by atoms with Gasteiger partial charge in [0.2, 0.25) is 0 Å². The number of hydrogen-bond acceptors (Lipinski definition) is 15. The second kappa shape index (κ2) is 66.4. The molecule has 92 heavy (non-hydrogen) atoms. The highest BCUT2D eigenvalue weighted by Gasteiger charge is 2.30. The Labute approximate surface area is 559 Å². The molecular formula is C73H132O17P2. The predicted octanol–water partition coefficient (Wildman–Crippen LogP) is 20.3. The highest BCUT2D eigenvalue weighted by atomic mass is 31.2. The van der Waals surface area contributed by atoms with Crippen molar-refractivity contribution < 1.29 is 80.2 Å². The van der Waals surface area contributed by atoms with Crippen LogP contribution in [-0.2, 0) is 65.4 Å². The molecule has 0 aliphatic rings. The van der Waals surface area contributed by atoms with E-state index in [0.29, 0.717) is 25.7 Å². The molecule has 17 nitrogen and oxygen atoms in total. The summed E-state index contributed by atoms with van der Waals surface area (Å²) in [6, 6.07) is 0. The lowest BCUT2D eigenvalue weighted by Crippen LogP contribution is -2.30. The van der Waals surface area contributed by atoms with Crippen molar-refractivity contribution in [1.29, 1.82) is 0 Å². The summed E-state index contributed by atoms with van der Waals surface area (Å²) in [4.78, 5) is 72.6. The lowest BCUT2D eigenvalue weighted by molar-refractivity contribution is -0.161. The van der Waals surface area contributed by atoms with Crippen molar-refractivity contribution in [2.75, 3.05) is 39.6 Å². The van der Waals surface area contributed by atoms with Gasteiger partial charge >= 0.3 is 39.5 Å². The van der Waals surface area contributed by atoms with E-state index in [-0.39, 0.29) is 25.7 Å². The molecular weight excluding hydrogens is 1210 g/mol. The lowest BCUT2D eigenvalue weighted by atomic mass is 10.1. The van der Waals surface area contributed by atoms with E-state index in [1.165, 1.54) is 83.5 Å². The van der Waals surface area contributed by atoms with Crippen LogP contribution in [0.5, 0.6) is 0 Å². The summed E-state index contributed by atoms with van der Waals surface area (Å²) in [5.74, 6) is -2.19. The van der Waals surface area contributed by atoms with E-state index < -0.39 is 97.5 Å². The van der Waals surface area contributed by atoms with Crippen LogP contribution in [0.1, 0.15) is 323 Å². The molecule has 0 aromatic carbocycles. The van der Waals surface area contributed by atoms with Crippen LogP contribution in [-0.4, -0.2) is 96.7 Å². The maximum Gasteiger partial charge on any atom is 0.472 e. The van der Waals surface area contributed by atoms with Crippen LogP contribution in [0.3, 0.4) is 0 Å². The number of rotatable bonds is 69. The number of ether oxygens (including phenoxy) is 4. The van der Waals surface area contributed by atoms with Crippen LogP contribution in [0.4, 0.5) is 0 Å². The van der Waals surface area contributed by atoms with Gasteiger partial charge in [0.25, 0.3) is 0 Å². The Kier molecular flexibility index (Phi) is 64.0. The standard InChI is InChI=1S/C73H132O17P2/c1-5-9-13-17-21-25-29-32-33-36-39-42-46-50-54-58-71(76)84-64-69(90-73(78)60-56-52-48-44-40-35-31-27-23-19-15-11-7-3)66-88-92(81,82)86-62-67(74)61-85-91(79,80)87-65-68(89-72(77)59-55-51-47-43-37-28-24-20-16-12-8-4)63-83-70(75)57-53-49-45-41-38-34-30-26-22-18-14-10-6-2/h14,18,21,25-27,30-33,67-69,74H,5-13,15-17,19-20,22-24,28-29,34-66H2,1-4H3,(H,79,80)(H,81,82)/b18-14-,25-21-,30-26-,31-27-,33-32-. The number of hydrogen-bond donors (Lipinski definition) is 3. The second-order valence-electron chi connectivity index (χ2n) is 24.5. The third kappa shape index (κ3) is 65.4. The molecule has 3 N–H and O–H groups in total. The van der Waals surface area contributed by atoms with Gasteiger partial charge in [0, 0.05) is 25.7 Å². The normalized spacial score (nSPS) is 14.4. The van der Waals surface area contributed by atoms with Gasteiger partial charge in [-0.1, -0.05) is 249 Å². The number of unbranched alkanes of at least 4 members (excludes halogenated alkanes) is 33. The van der Waals surface area contributed by atoms with Crippen molar-refractivity contribution in [3.05, 3.63) is 60.8 Å². The summed E-state index contributed by atoms with van der Waals surface area (Å²) in [7, 11) is -9.93. The van der Waals surface area contributed by atoms with Crippen LogP contribution < -0.4 is 0 Å². The zero-order valence-electron chi connectivity index (χ0n) is 58.2. The quantitative estimate of drug-likeness (QED) is 0.0169. The maximum absolute atomic E-state index is 13.0. The fraction of sp³-hybridized carbons (Fsp3) is 0.808. The molecule has 536 valence electrons. The summed E-state index contributed by atoms with van der Waals surface area (Å²) >= 11 is 0.